The number of nitrogens with two attached hydrogens (primary N) is 2. The van der Waals surface area contributed by atoms with Gasteiger partial charge < -0.3 is 16.0 Å². The van der Waals surface area contributed by atoms with Crippen LogP contribution in [0.15, 0.2) is 71.7 Å². The maximum Gasteiger partial charge on any atom is 0.268 e. The molecule has 0 fully saturated rings. The number of carbonyl (C=O) groups excluding carboxylic acids is 2. The van der Waals surface area contributed by atoms with Crippen LogP contribution in [0.3, 0.4) is 0 Å². The van der Waals surface area contributed by atoms with E-state index >= 15 is 0 Å². The third kappa shape index (κ3) is 4.12. The van der Waals surface area contributed by atoms with Crippen molar-refractivity contribution in [2.75, 3.05) is 0 Å². The number of aliphatic imine (C=N–C) groups is 1. The third-order valence-electron chi connectivity index (χ3n) is 4.18. The van der Waals surface area contributed by atoms with Gasteiger partial charge in [0.2, 0.25) is 0 Å². The number of Topliss-reactive ketones (excluding diaryl/α,β-unsaturated/α-hetero) is 1. The third-order valence-corrected chi connectivity index (χ3v) is 4.18. The number of amides is 1. The summed E-state index contributed by atoms with van der Waals surface area (Å²) < 4.78 is 1.87. The van der Waals surface area contributed by atoms with Crippen LogP contribution < -0.4 is 11.5 Å². The van der Waals surface area contributed by atoms with Crippen LogP contribution in [-0.4, -0.2) is 22.2 Å². The van der Waals surface area contributed by atoms with E-state index in [1.807, 2.05) is 59.2 Å². The van der Waals surface area contributed by atoms with E-state index in [0.717, 1.165) is 22.5 Å². The highest BCUT2D eigenvalue weighted by molar-refractivity contribution is 5.94. The molecule has 0 aliphatic rings. The Labute approximate surface area is 157 Å². The highest BCUT2D eigenvalue weighted by Crippen LogP contribution is 2.29. The van der Waals surface area contributed by atoms with Crippen molar-refractivity contribution in [3.05, 3.63) is 72.3 Å². The maximum absolute atomic E-state index is 12.2. The number of nitrogens with zero attached hydrogens (tertiary/aromatic N) is 2. The molecule has 0 aliphatic heterocycles. The zero-order valence-corrected chi connectivity index (χ0v) is 14.9. The first-order valence-corrected chi connectivity index (χ1v) is 8.44. The lowest BCUT2D eigenvalue weighted by Crippen LogP contribution is -2.25. The van der Waals surface area contributed by atoms with Gasteiger partial charge in [-0.15, -0.1) is 0 Å². The summed E-state index contributed by atoms with van der Waals surface area (Å²) in [5, 5.41) is 0. The topological polar surface area (TPSA) is 103 Å². The average Bonchev–Trinajstić information content (AvgIpc) is 3.05. The molecule has 3 aromatic rings. The van der Waals surface area contributed by atoms with Gasteiger partial charge in [0.15, 0.2) is 11.7 Å². The molecular weight excluding hydrogens is 340 g/mol. The normalized spacial score (nSPS) is 10.4. The lowest BCUT2D eigenvalue weighted by Gasteiger charge is -2.13. The zero-order chi connectivity index (χ0) is 19.4. The Balaban J connectivity index is 2.08. The van der Waals surface area contributed by atoms with Gasteiger partial charge in [-0.1, -0.05) is 54.6 Å². The van der Waals surface area contributed by atoms with Crippen LogP contribution in [0.5, 0.6) is 0 Å². The van der Waals surface area contributed by atoms with Gasteiger partial charge in [0, 0.05) is 17.0 Å². The van der Waals surface area contributed by atoms with E-state index in [4.69, 9.17) is 11.5 Å². The first-order chi connectivity index (χ1) is 13.0. The molecule has 0 radical (unpaired) electrons. The molecular formula is C21H20N4O2. The predicted molar refractivity (Wildman–Crippen MR) is 106 cm³/mol. The molecule has 1 aromatic heterocycles. The van der Waals surface area contributed by atoms with Crippen molar-refractivity contribution in [3.63, 3.8) is 0 Å². The Kier molecular flexibility index (Phi) is 5.17. The predicted octanol–water partition coefficient (Wildman–Crippen LogP) is 2.82. The number of benzene rings is 2. The van der Waals surface area contributed by atoms with Crippen LogP contribution in [0.4, 0.5) is 0 Å². The average molecular weight is 360 g/mol. The lowest BCUT2D eigenvalue weighted by molar-refractivity contribution is -0.118. The van der Waals surface area contributed by atoms with Crippen molar-refractivity contribution in [1.29, 1.82) is 0 Å². The van der Waals surface area contributed by atoms with Crippen LogP contribution in [0, 0.1) is 0 Å². The van der Waals surface area contributed by atoms with Crippen LogP contribution in [0.25, 0.3) is 22.5 Å². The Morgan fingerprint density at radius 2 is 1.41 bits per heavy atom. The molecule has 0 saturated heterocycles. The smallest absolute Gasteiger partial charge is 0.268 e. The molecule has 2 aromatic carbocycles. The van der Waals surface area contributed by atoms with Gasteiger partial charge >= 0.3 is 0 Å². The first kappa shape index (κ1) is 18.1. The molecule has 0 spiro atoms. The number of aromatic nitrogens is 1. The van der Waals surface area contributed by atoms with Gasteiger partial charge in [-0.05, 0) is 30.2 Å². The molecule has 6 heteroatoms. The van der Waals surface area contributed by atoms with E-state index in [1.54, 1.807) is 12.1 Å². The van der Waals surface area contributed by atoms with E-state index in [1.165, 1.54) is 6.92 Å². The van der Waals surface area contributed by atoms with E-state index in [0.29, 0.717) is 5.56 Å². The van der Waals surface area contributed by atoms with Gasteiger partial charge in [-0.25, -0.2) is 0 Å². The molecule has 0 atom stereocenters. The number of hydrogen-bond donors (Lipinski definition) is 2. The summed E-state index contributed by atoms with van der Waals surface area (Å²) in [6.07, 6.45) is 0. The standard InChI is InChI=1S/C21H20N4O2/c1-14(26)15-7-9-17(10-8-15)19-12-11-18(16-5-3-2-4-6-16)25(19)13-20(27)24-21(22)23/h2-12H,13H2,1H3,(H4,22,23,24,27). The molecule has 0 saturated carbocycles. The van der Waals surface area contributed by atoms with Crippen molar-refractivity contribution < 1.29 is 9.59 Å². The molecule has 1 heterocycles. The fraction of sp³-hybridized carbons (Fsp3) is 0.0952. The summed E-state index contributed by atoms with van der Waals surface area (Å²) in [4.78, 5) is 27.4. The first-order valence-electron chi connectivity index (χ1n) is 8.44. The van der Waals surface area contributed by atoms with E-state index in [2.05, 4.69) is 4.99 Å². The second kappa shape index (κ2) is 7.70. The van der Waals surface area contributed by atoms with Crippen molar-refractivity contribution in [1.82, 2.24) is 4.57 Å². The molecule has 4 N–H and O–H groups in total. The Bertz CT molecular complexity index is 998. The van der Waals surface area contributed by atoms with Crippen LogP contribution >= 0.6 is 0 Å². The minimum atomic E-state index is -0.440. The maximum atomic E-state index is 12.2. The molecule has 1 amide bonds. The monoisotopic (exact) mass is 360 g/mol. The van der Waals surface area contributed by atoms with Crippen LogP contribution in [0.1, 0.15) is 17.3 Å². The number of guanidine groups is 1. The van der Waals surface area contributed by atoms with Crippen LogP contribution in [0.2, 0.25) is 0 Å². The van der Waals surface area contributed by atoms with Gasteiger partial charge in [0.1, 0.15) is 6.54 Å². The number of ketones is 1. The summed E-state index contributed by atoms with van der Waals surface area (Å²) in [5.41, 5.74) is 14.9. The van der Waals surface area contributed by atoms with Crippen molar-refractivity contribution in [3.8, 4) is 22.5 Å². The van der Waals surface area contributed by atoms with Gasteiger partial charge in [0.25, 0.3) is 5.91 Å². The largest absolute Gasteiger partial charge is 0.370 e. The number of hydrogen-bond acceptors (Lipinski definition) is 2. The molecule has 0 bridgehead atoms. The summed E-state index contributed by atoms with van der Waals surface area (Å²) in [6.45, 7) is 1.53. The minimum Gasteiger partial charge on any atom is -0.370 e. The van der Waals surface area contributed by atoms with Crippen molar-refractivity contribution in [2.45, 2.75) is 13.5 Å². The summed E-state index contributed by atoms with van der Waals surface area (Å²) in [5.74, 6) is -0.699. The van der Waals surface area contributed by atoms with Crippen molar-refractivity contribution in [2.24, 2.45) is 16.5 Å². The number of rotatable bonds is 5. The highest BCUT2D eigenvalue weighted by Gasteiger charge is 2.15. The minimum absolute atomic E-state index is 0.00107. The summed E-state index contributed by atoms with van der Waals surface area (Å²) >= 11 is 0. The van der Waals surface area contributed by atoms with E-state index in [9.17, 15) is 9.59 Å². The molecule has 0 unspecified atom stereocenters. The quantitative estimate of drug-likeness (QED) is 0.415. The molecule has 0 aliphatic carbocycles. The van der Waals surface area contributed by atoms with E-state index in [-0.39, 0.29) is 18.3 Å². The van der Waals surface area contributed by atoms with Gasteiger partial charge in [-0.3, -0.25) is 9.59 Å². The van der Waals surface area contributed by atoms with Crippen LogP contribution in [-0.2, 0) is 11.3 Å². The second-order valence-electron chi connectivity index (χ2n) is 6.12. The summed E-state index contributed by atoms with van der Waals surface area (Å²) in [7, 11) is 0. The SMILES string of the molecule is CC(=O)c1ccc(-c2ccc(-c3ccccc3)n2CC(=O)N=C(N)N)cc1. The highest BCUT2D eigenvalue weighted by atomic mass is 16.1. The van der Waals surface area contributed by atoms with Gasteiger partial charge in [-0.2, -0.15) is 4.99 Å². The fourth-order valence-corrected chi connectivity index (χ4v) is 2.94. The lowest BCUT2D eigenvalue weighted by atomic mass is 10.1. The van der Waals surface area contributed by atoms with Crippen molar-refractivity contribution >= 4 is 17.6 Å². The fourth-order valence-electron chi connectivity index (χ4n) is 2.94. The molecule has 3 rings (SSSR count). The van der Waals surface area contributed by atoms with Gasteiger partial charge in [0.05, 0.1) is 0 Å². The second-order valence-corrected chi connectivity index (χ2v) is 6.12. The molecule has 136 valence electrons. The Morgan fingerprint density at radius 3 is 1.93 bits per heavy atom. The molecule has 27 heavy (non-hydrogen) atoms. The Hall–Kier alpha value is -3.67. The molecule has 6 nitrogen and oxygen atoms in total. The number of carbonyl (C=O) groups is 2. The Morgan fingerprint density at radius 1 is 0.852 bits per heavy atom. The zero-order valence-electron chi connectivity index (χ0n) is 14.9. The summed E-state index contributed by atoms with van der Waals surface area (Å²) in [6, 6.07) is 20.9. The van der Waals surface area contributed by atoms with E-state index < -0.39 is 5.91 Å².